The Morgan fingerprint density at radius 3 is 2.77 bits per heavy atom. The van der Waals surface area contributed by atoms with Crippen LogP contribution in [0.3, 0.4) is 0 Å². The molecule has 1 heterocycles. The number of rotatable bonds is 3. The second-order valence-electron chi connectivity index (χ2n) is 6.19. The summed E-state index contributed by atoms with van der Waals surface area (Å²) in [5, 5.41) is 23.7. The lowest BCUT2D eigenvalue weighted by molar-refractivity contribution is -0.384. The highest BCUT2D eigenvalue weighted by Crippen LogP contribution is 2.28. The lowest BCUT2D eigenvalue weighted by Gasteiger charge is -2.33. The molecule has 2 amide bonds. The van der Waals surface area contributed by atoms with E-state index in [1.165, 1.54) is 12.1 Å². The molecule has 0 aliphatic carbocycles. The molecule has 120 valence electrons. The zero-order chi connectivity index (χ0) is 16.5. The number of aliphatic hydroxyl groups is 1. The largest absolute Gasteiger partial charge is 0.388 e. The summed E-state index contributed by atoms with van der Waals surface area (Å²) < 4.78 is 0. The van der Waals surface area contributed by atoms with Gasteiger partial charge in [0.2, 0.25) is 0 Å². The van der Waals surface area contributed by atoms with Gasteiger partial charge in [-0.15, -0.1) is 0 Å². The molecule has 2 N–H and O–H groups in total. The summed E-state index contributed by atoms with van der Waals surface area (Å²) in [4.78, 5) is 24.4. The third kappa shape index (κ3) is 3.36. The van der Waals surface area contributed by atoms with Crippen LogP contribution in [0.1, 0.15) is 32.3 Å². The van der Waals surface area contributed by atoms with Gasteiger partial charge in [0.1, 0.15) is 0 Å². The van der Waals surface area contributed by atoms with Gasteiger partial charge < -0.3 is 15.3 Å². The molecular weight excluding hydrogens is 286 g/mol. The smallest absolute Gasteiger partial charge is 0.322 e. The lowest BCUT2D eigenvalue weighted by Crippen LogP contribution is -2.49. The molecule has 0 aromatic heterocycles. The standard InChI is InChI=1S/C15H21N3O4/c1-10-6-7-11(18(21)22)9-12(10)16-14(19)17-8-4-5-13(17)15(2,3)20/h6-7,9,13,20H,4-5,8H2,1-3H3,(H,16,19). The second-order valence-corrected chi connectivity index (χ2v) is 6.19. The first kappa shape index (κ1) is 16.2. The monoisotopic (exact) mass is 307 g/mol. The van der Waals surface area contributed by atoms with E-state index in [1.807, 2.05) is 0 Å². The fraction of sp³-hybridized carbons (Fsp3) is 0.533. The van der Waals surface area contributed by atoms with E-state index < -0.39 is 10.5 Å². The Bertz CT molecular complexity index is 595. The maximum absolute atomic E-state index is 12.4. The first-order valence-corrected chi connectivity index (χ1v) is 7.25. The molecule has 1 unspecified atom stereocenters. The second kappa shape index (κ2) is 5.92. The van der Waals surface area contributed by atoms with Crippen LogP contribution in [0.2, 0.25) is 0 Å². The van der Waals surface area contributed by atoms with Gasteiger partial charge in [-0.25, -0.2) is 4.79 Å². The Labute approximate surface area is 129 Å². The summed E-state index contributed by atoms with van der Waals surface area (Å²) >= 11 is 0. The van der Waals surface area contributed by atoms with E-state index in [4.69, 9.17) is 0 Å². The zero-order valence-corrected chi connectivity index (χ0v) is 13.0. The number of hydrogen-bond donors (Lipinski definition) is 2. The van der Waals surface area contributed by atoms with Gasteiger partial charge in [-0.2, -0.15) is 0 Å². The minimum Gasteiger partial charge on any atom is -0.388 e. The number of carbonyl (C=O) groups is 1. The van der Waals surface area contributed by atoms with Crippen LogP contribution in [-0.2, 0) is 0 Å². The van der Waals surface area contributed by atoms with Crippen molar-refractivity contribution in [2.75, 3.05) is 11.9 Å². The van der Waals surface area contributed by atoms with E-state index in [0.29, 0.717) is 12.2 Å². The average molecular weight is 307 g/mol. The topological polar surface area (TPSA) is 95.7 Å². The number of carbonyl (C=O) groups excluding carboxylic acids is 1. The van der Waals surface area contributed by atoms with Gasteiger partial charge in [0.05, 0.1) is 22.3 Å². The van der Waals surface area contributed by atoms with Gasteiger partial charge in [-0.1, -0.05) is 6.07 Å². The number of amides is 2. The highest BCUT2D eigenvalue weighted by atomic mass is 16.6. The number of hydrogen-bond acceptors (Lipinski definition) is 4. The van der Waals surface area contributed by atoms with Gasteiger partial charge in [-0.05, 0) is 39.2 Å². The van der Waals surface area contributed by atoms with Crippen LogP contribution in [0.4, 0.5) is 16.2 Å². The number of aryl methyl sites for hydroxylation is 1. The molecule has 1 aliphatic heterocycles. The predicted molar refractivity (Wildman–Crippen MR) is 82.9 cm³/mol. The maximum Gasteiger partial charge on any atom is 0.322 e. The minimum absolute atomic E-state index is 0.0682. The SMILES string of the molecule is Cc1ccc([N+](=O)[O-])cc1NC(=O)N1CCCC1C(C)(C)O. The average Bonchev–Trinajstić information content (AvgIpc) is 2.90. The zero-order valence-electron chi connectivity index (χ0n) is 13.0. The van der Waals surface area contributed by atoms with Crippen LogP contribution < -0.4 is 5.32 Å². The summed E-state index contributed by atoms with van der Waals surface area (Å²) in [6.07, 6.45) is 1.57. The summed E-state index contributed by atoms with van der Waals surface area (Å²) in [5.41, 5.74) is 0.117. The number of nitrogens with one attached hydrogen (secondary N) is 1. The third-order valence-electron chi connectivity index (χ3n) is 4.00. The maximum atomic E-state index is 12.4. The molecule has 1 aromatic rings. The highest BCUT2D eigenvalue weighted by Gasteiger charge is 2.38. The number of likely N-dealkylation sites (tertiary alicyclic amines) is 1. The van der Waals surface area contributed by atoms with Crippen LogP contribution in [0.15, 0.2) is 18.2 Å². The molecule has 7 nitrogen and oxygen atoms in total. The Morgan fingerprint density at radius 1 is 1.50 bits per heavy atom. The van der Waals surface area contributed by atoms with Crippen LogP contribution in [-0.4, -0.2) is 39.1 Å². The number of benzene rings is 1. The number of urea groups is 1. The van der Waals surface area contributed by atoms with Gasteiger partial charge in [0, 0.05) is 18.7 Å². The van der Waals surface area contributed by atoms with E-state index >= 15 is 0 Å². The van der Waals surface area contributed by atoms with Crippen molar-refractivity contribution in [2.24, 2.45) is 0 Å². The van der Waals surface area contributed by atoms with E-state index in [0.717, 1.165) is 18.4 Å². The molecule has 0 radical (unpaired) electrons. The van der Waals surface area contributed by atoms with Crippen LogP contribution >= 0.6 is 0 Å². The summed E-state index contributed by atoms with van der Waals surface area (Å²) in [5.74, 6) is 0. The van der Waals surface area contributed by atoms with Crippen LogP contribution in [0, 0.1) is 17.0 Å². The van der Waals surface area contributed by atoms with Crippen molar-refractivity contribution in [3.63, 3.8) is 0 Å². The Hall–Kier alpha value is -2.15. The molecule has 1 atom stereocenters. The summed E-state index contributed by atoms with van der Waals surface area (Å²) in [6, 6.07) is 3.76. The molecule has 0 spiro atoms. The molecule has 1 aliphatic rings. The van der Waals surface area contributed by atoms with Crippen molar-refractivity contribution in [3.05, 3.63) is 33.9 Å². The first-order chi connectivity index (χ1) is 10.2. The molecule has 7 heteroatoms. The molecule has 0 saturated carbocycles. The molecule has 2 rings (SSSR count). The van der Waals surface area contributed by atoms with Gasteiger partial charge in [0.25, 0.3) is 5.69 Å². The summed E-state index contributed by atoms with van der Waals surface area (Å²) in [7, 11) is 0. The number of nitrogens with zero attached hydrogens (tertiary/aromatic N) is 2. The fourth-order valence-electron chi connectivity index (χ4n) is 2.79. The number of non-ortho nitro benzene ring substituents is 1. The quantitative estimate of drug-likeness (QED) is 0.663. The van der Waals surface area contributed by atoms with E-state index in [-0.39, 0.29) is 17.8 Å². The molecular formula is C15H21N3O4. The predicted octanol–water partition coefficient (Wildman–Crippen LogP) is 2.67. The van der Waals surface area contributed by atoms with Crippen molar-refractivity contribution in [3.8, 4) is 0 Å². The van der Waals surface area contributed by atoms with E-state index in [9.17, 15) is 20.0 Å². The molecule has 1 saturated heterocycles. The minimum atomic E-state index is -0.981. The highest BCUT2D eigenvalue weighted by molar-refractivity contribution is 5.91. The lowest BCUT2D eigenvalue weighted by atomic mass is 9.97. The number of anilines is 1. The van der Waals surface area contributed by atoms with Crippen molar-refractivity contribution < 1.29 is 14.8 Å². The number of nitro groups is 1. The normalized spacial score (nSPS) is 18.4. The molecule has 1 aromatic carbocycles. The molecule has 0 bridgehead atoms. The van der Waals surface area contributed by atoms with Crippen molar-refractivity contribution in [2.45, 2.75) is 45.3 Å². The van der Waals surface area contributed by atoms with Crippen molar-refractivity contribution >= 4 is 17.4 Å². The molecule has 1 fully saturated rings. The van der Waals surface area contributed by atoms with Crippen molar-refractivity contribution in [1.29, 1.82) is 0 Å². The summed E-state index contributed by atoms with van der Waals surface area (Å²) in [6.45, 7) is 5.70. The molecule has 22 heavy (non-hydrogen) atoms. The fourth-order valence-corrected chi connectivity index (χ4v) is 2.79. The third-order valence-corrected chi connectivity index (χ3v) is 4.00. The van der Waals surface area contributed by atoms with E-state index in [2.05, 4.69) is 5.32 Å². The number of nitro benzene ring substituents is 1. The Balaban J connectivity index is 2.18. The van der Waals surface area contributed by atoms with Gasteiger partial charge >= 0.3 is 6.03 Å². The first-order valence-electron chi connectivity index (χ1n) is 7.25. The van der Waals surface area contributed by atoms with E-state index in [1.54, 1.807) is 31.7 Å². The van der Waals surface area contributed by atoms with Crippen molar-refractivity contribution in [1.82, 2.24) is 4.90 Å². The van der Waals surface area contributed by atoms with Gasteiger partial charge in [-0.3, -0.25) is 10.1 Å². The Morgan fingerprint density at radius 2 is 2.18 bits per heavy atom. The van der Waals surface area contributed by atoms with Crippen LogP contribution in [0.25, 0.3) is 0 Å². The van der Waals surface area contributed by atoms with Crippen LogP contribution in [0.5, 0.6) is 0 Å². The van der Waals surface area contributed by atoms with Gasteiger partial charge in [0.15, 0.2) is 0 Å². The Kier molecular flexibility index (Phi) is 4.37.